The number of fused-ring (bicyclic) bond motifs is 1. The Morgan fingerprint density at radius 1 is 1.38 bits per heavy atom. The maximum absolute atomic E-state index is 12.6. The molecule has 3 aromatic rings. The largest absolute Gasteiger partial charge is 0.442 e. The second kappa shape index (κ2) is 6.60. The van der Waals surface area contributed by atoms with E-state index in [1.807, 2.05) is 31.2 Å². The third-order valence-corrected chi connectivity index (χ3v) is 4.26. The van der Waals surface area contributed by atoms with E-state index in [0.717, 1.165) is 10.0 Å². The fourth-order valence-corrected chi connectivity index (χ4v) is 2.91. The van der Waals surface area contributed by atoms with Crippen LogP contribution >= 0.6 is 15.9 Å². The summed E-state index contributed by atoms with van der Waals surface area (Å²) in [5.41, 5.74) is 1.13. The summed E-state index contributed by atoms with van der Waals surface area (Å²) in [6.07, 6.45) is 1.94. The number of aryl methyl sites for hydroxylation is 1. The van der Waals surface area contributed by atoms with Crippen LogP contribution in [0.5, 0.6) is 0 Å². The van der Waals surface area contributed by atoms with Gasteiger partial charge in [-0.3, -0.25) is 9.59 Å². The zero-order valence-electron chi connectivity index (χ0n) is 13.2. The van der Waals surface area contributed by atoms with Crippen molar-refractivity contribution >= 4 is 32.9 Å². The van der Waals surface area contributed by atoms with Crippen LogP contribution in [0.25, 0.3) is 11.1 Å². The zero-order valence-corrected chi connectivity index (χ0v) is 14.8. The van der Waals surface area contributed by atoms with E-state index in [-0.39, 0.29) is 34.2 Å². The molecule has 1 aromatic carbocycles. The minimum absolute atomic E-state index is 0.0984. The molecule has 0 aliphatic carbocycles. The van der Waals surface area contributed by atoms with Crippen LogP contribution in [-0.2, 0) is 6.42 Å². The summed E-state index contributed by atoms with van der Waals surface area (Å²) in [6.45, 7) is 3.56. The van der Waals surface area contributed by atoms with Crippen LogP contribution in [0.15, 0.2) is 44.3 Å². The van der Waals surface area contributed by atoms with Crippen LogP contribution in [0, 0.1) is 6.92 Å². The highest BCUT2D eigenvalue weighted by Crippen LogP contribution is 2.20. The Labute approximate surface area is 146 Å². The number of nitrogens with one attached hydrogen (secondary N) is 2. The van der Waals surface area contributed by atoms with Crippen molar-refractivity contribution in [3.63, 3.8) is 0 Å². The van der Waals surface area contributed by atoms with E-state index in [1.165, 1.54) is 6.33 Å². The number of nitrogens with zero attached hydrogens (tertiary/aromatic N) is 1. The predicted molar refractivity (Wildman–Crippen MR) is 94.1 cm³/mol. The molecular formula is C17H16BrN3O3. The summed E-state index contributed by atoms with van der Waals surface area (Å²) >= 11 is 3.40. The minimum atomic E-state index is -0.387. The van der Waals surface area contributed by atoms with Gasteiger partial charge >= 0.3 is 0 Å². The summed E-state index contributed by atoms with van der Waals surface area (Å²) in [5, 5.41) is 3.10. The minimum Gasteiger partial charge on any atom is -0.442 e. The quantitative estimate of drug-likeness (QED) is 0.717. The summed E-state index contributed by atoms with van der Waals surface area (Å²) in [5.74, 6) is 0.0388. The molecule has 2 aromatic heterocycles. The highest BCUT2D eigenvalue weighted by atomic mass is 79.9. The molecule has 3 rings (SSSR count). The van der Waals surface area contributed by atoms with Gasteiger partial charge in [-0.05, 0) is 38.0 Å². The van der Waals surface area contributed by atoms with Gasteiger partial charge in [0, 0.05) is 10.5 Å². The molecular weight excluding hydrogens is 374 g/mol. The van der Waals surface area contributed by atoms with Crippen molar-refractivity contribution in [1.29, 1.82) is 0 Å². The number of hydrogen-bond donors (Lipinski definition) is 2. The molecule has 0 spiro atoms. The number of amides is 1. The number of H-pyrrole nitrogens is 1. The highest BCUT2D eigenvalue weighted by molar-refractivity contribution is 9.10. The SMILES string of the molecule is Cc1oc2nc[nH]c(=O)c2c1C(=O)NC(C)Cc1ccc(Br)cc1. The van der Waals surface area contributed by atoms with E-state index in [4.69, 9.17) is 4.42 Å². The van der Waals surface area contributed by atoms with Crippen molar-refractivity contribution in [2.24, 2.45) is 0 Å². The van der Waals surface area contributed by atoms with E-state index in [2.05, 4.69) is 31.2 Å². The van der Waals surface area contributed by atoms with Crippen LogP contribution in [0.4, 0.5) is 0 Å². The molecule has 124 valence electrons. The Bertz CT molecular complexity index is 944. The fourth-order valence-electron chi connectivity index (χ4n) is 2.65. The molecule has 6 nitrogen and oxygen atoms in total. The normalized spacial score (nSPS) is 12.3. The van der Waals surface area contributed by atoms with Gasteiger partial charge in [-0.1, -0.05) is 28.1 Å². The molecule has 2 N–H and O–H groups in total. The van der Waals surface area contributed by atoms with Gasteiger partial charge in [0.05, 0.1) is 11.9 Å². The molecule has 0 saturated carbocycles. The number of halogens is 1. The number of carbonyl (C=O) groups excluding carboxylic acids is 1. The third-order valence-electron chi connectivity index (χ3n) is 3.73. The molecule has 7 heteroatoms. The number of benzene rings is 1. The summed E-state index contributed by atoms with van der Waals surface area (Å²) in [6, 6.07) is 7.82. The van der Waals surface area contributed by atoms with Gasteiger partial charge in [-0.2, -0.15) is 0 Å². The van der Waals surface area contributed by atoms with Gasteiger partial charge in [0.2, 0.25) is 5.71 Å². The van der Waals surface area contributed by atoms with Crippen molar-refractivity contribution in [3.8, 4) is 0 Å². The second-order valence-electron chi connectivity index (χ2n) is 5.65. The molecule has 1 atom stereocenters. The number of aromatic amines is 1. The van der Waals surface area contributed by atoms with E-state index in [9.17, 15) is 9.59 Å². The van der Waals surface area contributed by atoms with E-state index in [0.29, 0.717) is 12.2 Å². The number of furan rings is 1. The molecule has 2 heterocycles. The van der Waals surface area contributed by atoms with Crippen LogP contribution in [0.1, 0.15) is 28.6 Å². The van der Waals surface area contributed by atoms with Crippen molar-refractivity contribution in [3.05, 3.63) is 62.3 Å². The second-order valence-corrected chi connectivity index (χ2v) is 6.57. The first kappa shape index (κ1) is 16.4. The lowest BCUT2D eigenvalue weighted by atomic mass is 10.1. The highest BCUT2D eigenvalue weighted by Gasteiger charge is 2.22. The molecule has 0 fully saturated rings. The Kier molecular flexibility index (Phi) is 4.53. The fraction of sp³-hybridized carbons (Fsp3) is 0.235. The molecule has 0 aliphatic rings. The average Bonchev–Trinajstić information content (AvgIpc) is 2.87. The average molecular weight is 390 g/mol. The number of rotatable bonds is 4. The summed E-state index contributed by atoms with van der Waals surface area (Å²) in [4.78, 5) is 31.0. The molecule has 24 heavy (non-hydrogen) atoms. The van der Waals surface area contributed by atoms with Gasteiger partial charge in [-0.15, -0.1) is 0 Å². The van der Waals surface area contributed by atoms with Crippen molar-refractivity contribution in [2.75, 3.05) is 0 Å². The predicted octanol–water partition coefficient (Wildman–Crippen LogP) is 2.95. The lowest BCUT2D eigenvalue weighted by Crippen LogP contribution is -2.34. The smallest absolute Gasteiger partial charge is 0.262 e. The molecule has 0 radical (unpaired) electrons. The van der Waals surface area contributed by atoms with Crippen molar-refractivity contribution in [2.45, 2.75) is 26.3 Å². The number of aromatic nitrogens is 2. The first-order chi connectivity index (χ1) is 11.5. The Balaban J connectivity index is 1.81. The monoisotopic (exact) mass is 389 g/mol. The van der Waals surface area contributed by atoms with Crippen molar-refractivity contribution in [1.82, 2.24) is 15.3 Å². The van der Waals surface area contributed by atoms with E-state index < -0.39 is 0 Å². The first-order valence-corrected chi connectivity index (χ1v) is 8.27. The molecule has 1 amide bonds. The number of carbonyl (C=O) groups is 1. The molecule has 0 bridgehead atoms. The molecule has 1 unspecified atom stereocenters. The van der Waals surface area contributed by atoms with Crippen LogP contribution < -0.4 is 10.9 Å². The van der Waals surface area contributed by atoms with Crippen LogP contribution in [0.3, 0.4) is 0 Å². The van der Waals surface area contributed by atoms with Gasteiger partial charge in [0.15, 0.2) is 0 Å². The van der Waals surface area contributed by atoms with Gasteiger partial charge in [0.1, 0.15) is 11.1 Å². The van der Waals surface area contributed by atoms with E-state index in [1.54, 1.807) is 6.92 Å². The third kappa shape index (κ3) is 3.26. The summed E-state index contributed by atoms with van der Waals surface area (Å²) in [7, 11) is 0. The summed E-state index contributed by atoms with van der Waals surface area (Å²) < 4.78 is 6.43. The maximum atomic E-state index is 12.6. The molecule has 0 saturated heterocycles. The first-order valence-electron chi connectivity index (χ1n) is 7.48. The Hall–Kier alpha value is -2.41. The number of hydrogen-bond acceptors (Lipinski definition) is 4. The van der Waals surface area contributed by atoms with Crippen LogP contribution in [0.2, 0.25) is 0 Å². The Morgan fingerprint density at radius 2 is 2.08 bits per heavy atom. The van der Waals surface area contributed by atoms with Crippen molar-refractivity contribution < 1.29 is 9.21 Å². The molecule has 0 aliphatic heterocycles. The lowest BCUT2D eigenvalue weighted by molar-refractivity contribution is 0.0940. The zero-order chi connectivity index (χ0) is 17.3. The topological polar surface area (TPSA) is 88.0 Å². The standard InChI is InChI=1S/C17H16BrN3O3/c1-9(7-11-3-5-12(18)6-4-11)21-16(23)13-10(2)24-17-14(13)15(22)19-8-20-17/h3-6,8-9H,7H2,1-2H3,(H,21,23)(H,19,20,22). The maximum Gasteiger partial charge on any atom is 0.262 e. The van der Waals surface area contributed by atoms with Gasteiger partial charge < -0.3 is 14.7 Å². The van der Waals surface area contributed by atoms with E-state index >= 15 is 0 Å². The Morgan fingerprint density at radius 3 is 2.79 bits per heavy atom. The lowest BCUT2D eigenvalue weighted by Gasteiger charge is -2.14. The van der Waals surface area contributed by atoms with Gasteiger partial charge in [0.25, 0.3) is 11.5 Å². The van der Waals surface area contributed by atoms with Gasteiger partial charge in [-0.25, -0.2) is 4.98 Å². The van der Waals surface area contributed by atoms with Crippen LogP contribution in [-0.4, -0.2) is 21.9 Å².